The van der Waals surface area contributed by atoms with E-state index in [0.717, 1.165) is 43.6 Å². The van der Waals surface area contributed by atoms with Crippen LogP contribution in [0.2, 0.25) is 0 Å². The zero-order valence-corrected chi connectivity index (χ0v) is 21.8. The maximum atomic E-state index is 13.9. The van der Waals surface area contributed by atoms with Crippen LogP contribution < -0.4 is 0 Å². The molecule has 4 fully saturated rings. The number of hydrogen-bond acceptors (Lipinski definition) is 4. The molecule has 0 spiro atoms. The Labute approximate surface area is 212 Å². The molecule has 7 heteroatoms. The van der Waals surface area contributed by atoms with Crippen LogP contribution in [0.4, 0.5) is 8.78 Å². The number of ether oxygens (including phenoxy) is 1. The fourth-order valence-corrected chi connectivity index (χ4v) is 8.83. The first-order valence-electron chi connectivity index (χ1n) is 13.8. The van der Waals surface area contributed by atoms with Crippen molar-refractivity contribution < 1.29 is 18.6 Å². The van der Waals surface area contributed by atoms with E-state index in [-0.39, 0.29) is 10.9 Å². The number of nitrogens with zero attached hydrogens (tertiary/aromatic N) is 3. The standard InChI is InChI=1S/C29H39F2N3O2/c1-27(35)12-13-29(3)18(16-27)4-6-20-21-7-5-19(28(21,2)11-10-22(20)29)17-36-15-14-34-32-24-9-8-23(30)25(31)26(24)33-34/h8-9,17-18,20-22,35H,4-7,10-16H2,1-3H3/b19-17-/t18-,20-,21-,22-,27+,28+,29-/m0/s1. The van der Waals surface area contributed by atoms with Gasteiger partial charge in [0, 0.05) is 0 Å². The first-order valence-corrected chi connectivity index (χ1v) is 13.8. The first kappa shape index (κ1) is 24.3. The highest BCUT2D eigenvalue weighted by atomic mass is 19.2. The summed E-state index contributed by atoms with van der Waals surface area (Å²) in [5, 5.41) is 19.1. The third-order valence-electron chi connectivity index (χ3n) is 10.9. The average Bonchev–Trinajstić information content (AvgIpc) is 3.40. The van der Waals surface area contributed by atoms with Gasteiger partial charge in [-0.2, -0.15) is 9.90 Å². The highest BCUT2D eigenvalue weighted by Crippen LogP contribution is 2.67. The Hall–Kier alpha value is -2.02. The van der Waals surface area contributed by atoms with Crippen LogP contribution >= 0.6 is 0 Å². The van der Waals surface area contributed by atoms with Gasteiger partial charge in [-0.05, 0) is 117 Å². The molecule has 4 aliphatic carbocycles. The van der Waals surface area contributed by atoms with Crippen LogP contribution in [0.25, 0.3) is 11.0 Å². The molecular formula is C29H39F2N3O2. The molecule has 1 heterocycles. The van der Waals surface area contributed by atoms with Gasteiger partial charge in [-0.1, -0.05) is 13.8 Å². The zero-order chi connectivity index (χ0) is 25.3. The molecule has 0 bridgehead atoms. The molecule has 5 nitrogen and oxygen atoms in total. The summed E-state index contributed by atoms with van der Waals surface area (Å²) < 4.78 is 33.4. The number of benzene rings is 1. The third-order valence-corrected chi connectivity index (χ3v) is 10.9. The minimum Gasteiger partial charge on any atom is -0.499 e. The summed E-state index contributed by atoms with van der Waals surface area (Å²) in [6.45, 7) is 7.80. The van der Waals surface area contributed by atoms with E-state index in [9.17, 15) is 13.9 Å². The van der Waals surface area contributed by atoms with Crippen molar-refractivity contribution in [2.75, 3.05) is 6.61 Å². The summed E-state index contributed by atoms with van der Waals surface area (Å²) in [5.74, 6) is 1.05. The summed E-state index contributed by atoms with van der Waals surface area (Å²) in [4.78, 5) is 1.39. The van der Waals surface area contributed by atoms with Crippen molar-refractivity contribution in [1.82, 2.24) is 15.0 Å². The van der Waals surface area contributed by atoms with Crippen molar-refractivity contribution in [3.63, 3.8) is 0 Å². The molecule has 1 N–H and O–H groups in total. The van der Waals surface area contributed by atoms with E-state index in [1.54, 1.807) is 0 Å². The normalized spacial score (nSPS) is 41.2. The zero-order valence-electron chi connectivity index (χ0n) is 21.8. The van der Waals surface area contributed by atoms with Gasteiger partial charge in [-0.15, -0.1) is 5.10 Å². The van der Waals surface area contributed by atoms with Gasteiger partial charge in [-0.3, -0.25) is 0 Å². The van der Waals surface area contributed by atoms with E-state index in [1.807, 2.05) is 13.2 Å². The molecule has 7 atom stereocenters. The molecule has 2 aromatic rings. The number of halogens is 2. The lowest BCUT2D eigenvalue weighted by atomic mass is 9.44. The lowest BCUT2D eigenvalue weighted by Crippen LogP contribution is -2.55. The highest BCUT2D eigenvalue weighted by Gasteiger charge is 2.59. The lowest BCUT2D eigenvalue weighted by Gasteiger charge is -2.61. The Morgan fingerprint density at radius 3 is 2.72 bits per heavy atom. The van der Waals surface area contributed by atoms with Gasteiger partial charge >= 0.3 is 0 Å². The summed E-state index contributed by atoms with van der Waals surface area (Å²) in [5.41, 5.74) is 1.82. The Kier molecular flexibility index (Phi) is 5.75. The van der Waals surface area contributed by atoms with Crippen LogP contribution in [0.1, 0.15) is 78.6 Å². The van der Waals surface area contributed by atoms with Gasteiger partial charge in [0.2, 0.25) is 0 Å². The van der Waals surface area contributed by atoms with Crippen LogP contribution in [-0.4, -0.2) is 32.3 Å². The quantitative estimate of drug-likeness (QED) is 0.390. The number of rotatable bonds is 4. The fourth-order valence-electron chi connectivity index (χ4n) is 8.83. The topological polar surface area (TPSA) is 60.2 Å². The third kappa shape index (κ3) is 3.79. The van der Waals surface area contributed by atoms with Crippen LogP contribution in [0.15, 0.2) is 24.0 Å². The summed E-state index contributed by atoms with van der Waals surface area (Å²) in [6, 6.07) is 2.52. The Morgan fingerprint density at radius 2 is 1.89 bits per heavy atom. The molecule has 4 aliphatic rings. The fraction of sp³-hybridized carbons (Fsp3) is 0.724. The van der Waals surface area contributed by atoms with Gasteiger partial charge < -0.3 is 9.84 Å². The molecule has 1 aromatic carbocycles. The van der Waals surface area contributed by atoms with Crippen molar-refractivity contribution >= 4 is 11.0 Å². The molecule has 0 aliphatic heterocycles. The van der Waals surface area contributed by atoms with Gasteiger partial charge in [-0.25, -0.2) is 8.78 Å². The predicted octanol–water partition coefficient (Wildman–Crippen LogP) is 6.40. The molecule has 0 amide bonds. The van der Waals surface area contributed by atoms with E-state index in [0.29, 0.717) is 35.9 Å². The van der Waals surface area contributed by atoms with Crippen LogP contribution in [0.3, 0.4) is 0 Å². The summed E-state index contributed by atoms with van der Waals surface area (Å²) in [7, 11) is 0. The molecule has 4 saturated carbocycles. The maximum absolute atomic E-state index is 13.9. The van der Waals surface area contributed by atoms with Gasteiger partial charge in [0.05, 0.1) is 18.4 Å². The summed E-state index contributed by atoms with van der Waals surface area (Å²) >= 11 is 0. The number of aliphatic hydroxyl groups is 1. The number of allylic oxidation sites excluding steroid dienone is 1. The molecule has 1 aromatic heterocycles. The maximum Gasteiger partial charge on any atom is 0.188 e. The Bertz CT molecular complexity index is 1190. The van der Waals surface area contributed by atoms with Crippen molar-refractivity contribution in [3.8, 4) is 0 Å². The molecule has 6 rings (SSSR count). The number of aromatic nitrogens is 3. The van der Waals surface area contributed by atoms with Gasteiger partial charge in [0.25, 0.3) is 0 Å². The van der Waals surface area contributed by atoms with Crippen molar-refractivity contribution in [1.29, 1.82) is 0 Å². The monoisotopic (exact) mass is 499 g/mol. The second-order valence-corrected chi connectivity index (χ2v) is 12.9. The van der Waals surface area contributed by atoms with Crippen molar-refractivity contribution in [2.24, 2.45) is 34.5 Å². The second-order valence-electron chi connectivity index (χ2n) is 12.9. The largest absolute Gasteiger partial charge is 0.499 e. The minimum atomic E-state index is -0.955. The molecule has 0 radical (unpaired) electrons. The SMILES string of the molecule is C[C@@]1(O)CC[C@@]2(C)[C@@H](CC[C@@H]3[C@@H]2CC[C@]2(C)/C(=C\OCCn4nc5ccc(F)c(F)c5n4)CC[C@@H]32)C1. The van der Waals surface area contributed by atoms with Crippen LogP contribution in [-0.2, 0) is 11.3 Å². The molecule has 36 heavy (non-hydrogen) atoms. The van der Waals surface area contributed by atoms with Gasteiger partial charge in [0.1, 0.15) is 12.1 Å². The highest BCUT2D eigenvalue weighted by molar-refractivity contribution is 5.74. The molecule has 0 saturated heterocycles. The number of hydrogen-bond donors (Lipinski definition) is 1. The van der Waals surface area contributed by atoms with E-state index in [2.05, 4.69) is 24.0 Å². The van der Waals surface area contributed by atoms with E-state index in [1.165, 1.54) is 48.5 Å². The van der Waals surface area contributed by atoms with Gasteiger partial charge in [0.15, 0.2) is 17.2 Å². The van der Waals surface area contributed by atoms with Crippen LogP contribution in [0.5, 0.6) is 0 Å². The van der Waals surface area contributed by atoms with Crippen molar-refractivity contribution in [2.45, 2.75) is 90.7 Å². The summed E-state index contributed by atoms with van der Waals surface area (Å²) in [6.07, 6.45) is 12.4. The smallest absolute Gasteiger partial charge is 0.188 e. The van der Waals surface area contributed by atoms with E-state index < -0.39 is 17.2 Å². The van der Waals surface area contributed by atoms with E-state index >= 15 is 0 Å². The number of fused-ring (bicyclic) bond motifs is 6. The molecule has 196 valence electrons. The van der Waals surface area contributed by atoms with Crippen LogP contribution in [0, 0.1) is 46.1 Å². The predicted molar refractivity (Wildman–Crippen MR) is 134 cm³/mol. The first-order chi connectivity index (χ1) is 17.1. The Balaban J connectivity index is 1.11. The van der Waals surface area contributed by atoms with E-state index in [4.69, 9.17) is 4.74 Å². The molecule has 0 unspecified atom stereocenters. The Morgan fingerprint density at radius 1 is 1.06 bits per heavy atom. The lowest BCUT2D eigenvalue weighted by molar-refractivity contribution is -0.139. The second kappa shape index (κ2) is 8.50. The molecular weight excluding hydrogens is 460 g/mol. The van der Waals surface area contributed by atoms with Crippen molar-refractivity contribution in [3.05, 3.63) is 35.6 Å². The average molecular weight is 500 g/mol. The minimum absolute atomic E-state index is 0.0405.